The van der Waals surface area contributed by atoms with E-state index in [1.807, 2.05) is 0 Å². The first kappa shape index (κ1) is 27.8. The van der Waals surface area contributed by atoms with Crippen LogP contribution in [0.25, 0.3) is 10.9 Å². The minimum absolute atomic E-state index is 0.118. The van der Waals surface area contributed by atoms with Crippen molar-refractivity contribution in [1.29, 1.82) is 0 Å². The van der Waals surface area contributed by atoms with Crippen molar-refractivity contribution in [2.45, 2.75) is 32.4 Å². The monoisotopic (exact) mass is 540 g/mol. The lowest BCUT2D eigenvalue weighted by atomic mass is 10.1. The lowest BCUT2D eigenvalue weighted by Crippen LogP contribution is -2.34. The van der Waals surface area contributed by atoms with Crippen LogP contribution < -0.4 is 15.8 Å². The molecule has 2 heterocycles. The third-order valence-corrected chi connectivity index (χ3v) is 6.15. The largest absolute Gasteiger partial charge is 0.493 e. The zero-order valence-corrected chi connectivity index (χ0v) is 21.6. The van der Waals surface area contributed by atoms with Crippen molar-refractivity contribution in [2.75, 3.05) is 31.6 Å². The summed E-state index contributed by atoms with van der Waals surface area (Å²) in [4.78, 5) is 22.9. The molecule has 0 aliphatic heterocycles. The predicted octanol–water partition coefficient (Wildman–Crippen LogP) is 2.79. The van der Waals surface area contributed by atoms with Crippen LogP contribution in [0.5, 0.6) is 5.75 Å². The summed E-state index contributed by atoms with van der Waals surface area (Å²) in [7, 11) is 0. The van der Waals surface area contributed by atoms with Crippen molar-refractivity contribution in [3.05, 3.63) is 66.1 Å². The van der Waals surface area contributed by atoms with E-state index < -0.39 is 23.6 Å². The molecule has 0 aliphatic rings. The molecule has 1 amide bonds. The summed E-state index contributed by atoms with van der Waals surface area (Å²) in [5, 5.41) is 20.8. The van der Waals surface area contributed by atoms with Gasteiger partial charge in [0.05, 0.1) is 24.9 Å². The van der Waals surface area contributed by atoms with Crippen LogP contribution in [0.2, 0.25) is 0 Å². The van der Waals surface area contributed by atoms with E-state index in [0.717, 1.165) is 23.7 Å². The maximum atomic E-state index is 14.4. The van der Waals surface area contributed by atoms with Crippen LogP contribution in [-0.2, 0) is 4.79 Å². The van der Waals surface area contributed by atoms with Gasteiger partial charge in [-0.05, 0) is 38.5 Å². The van der Waals surface area contributed by atoms with E-state index >= 15 is 0 Å². The van der Waals surface area contributed by atoms with Crippen LogP contribution in [0.1, 0.15) is 31.9 Å². The summed E-state index contributed by atoms with van der Waals surface area (Å²) in [5.41, 5.74) is 5.84. The molecule has 0 saturated carbocycles. The summed E-state index contributed by atoms with van der Waals surface area (Å²) in [6.45, 7) is 6.24. The topological polar surface area (TPSA) is 144 Å². The lowest BCUT2D eigenvalue weighted by molar-refractivity contribution is -0.120. The minimum atomic E-state index is -1.40. The van der Waals surface area contributed by atoms with E-state index in [9.17, 15) is 18.7 Å². The van der Waals surface area contributed by atoms with Crippen LogP contribution in [0.4, 0.5) is 20.4 Å². The second kappa shape index (κ2) is 12.5. The van der Waals surface area contributed by atoms with Gasteiger partial charge in [0.1, 0.15) is 17.9 Å². The molecule has 0 saturated heterocycles. The van der Waals surface area contributed by atoms with Gasteiger partial charge in [0.25, 0.3) is 0 Å². The second-order valence-electron chi connectivity index (χ2n) is 9.11. The van der Waals surface area contributed by atoms with E-state index in [2.05, 4.69) is 44.3 Å². The van der Waals surface area contributed by atoms with Crippen molar-refractivity contribution in [3.63, 3.8) is 0 Å². The first-order valence-corrected chi connectivity index (χ1v) is 12.4. The fourth-order valence-corrected chi connectivity index (χ4v) is 4.18. The van der Waals surface area contributed by atoms with Crippen LogP contribution in [-0.4, -0.2) is 73.2 Å². The number of hydrogen-bond acceptors (Lipinski definition) is 9. The number of nitrogens with two attached hydrogens (primary N) is 1. The summed E-state index contributed by atoms with van der Waals surface area (Å²) < 4.78 is 35.1. The average Bonchev–Trinajstić information content (AvgIpc) is 3.36. The van der Waals surface area contributed by atoms with E-state index in [-0.39, 0.29) is 18.0 Å². The Morgan fingerprint density at radius 2 is 2.03 bits per heavy atom. The molecule has 206 valence electrons. The molecular weight excluding hydrogens is 510 g/mol. The minimum Gasteiger partial charge on any atom is -0.493 e. The highest BCUT2D eigenvalue weighted by atomic mass is 19.2. The highest BCUT2D eigenvalue weighted by Crippen LogP contribution is 2.27. The number of rotatable bonds is 13. The van der Waals surface area contributed by atoms with Crippen LogP contribution >= 0.6 is 0 Å². The molecule has 1 atom stereocenters. The second-order valence-corrected chi connectivity index (χ2v) is 9.11. The maximum absolute atomic E-state index is 14.4. The van der Waals surface area contributed by atoms with Gasteiger partial charge < -0.3 is 20.9 Å². The molecule has 0 radical (unpaired) electrons. The number of halogens is 2. The Hall–Kier alpha value is -4.23. The summed E-state index contributed by atoms with van der Waals surface area (Å²) in [6, 6.07) is 7.82. The number of aliphatic hydroxyl groups is 1. The maximum Gasteiger partial charge on any atom is 0.247 e. The Morgan fingerprint density at radius 1 is 1.21 bits per heavy atom. The lowest BCUT2D eigenvalue weighted by Gasteiger charge is -2.25. The van der Waals surface area contributed by atoms with E-state index in [1.165, 1.54) is 24.7 Å². The van der Waals surface area contributed by atoms with Crippen molar-refractivity contribution >= 4 is 28.4 Å². The van der Waals surface area contributed by atoms with Gasteiger partial charge in [0.2, 0.25) is 5.91 Å². The molecule has 0 fully saturated rings. The zero-order valence-electron chi connectivity index (χ0n) is 21.6. The molecule has 2 aromatic carbocycles. The van der Waals surface area contributed by atoms with Crippen LogP contribution in [0.15, 0.2) is 48.9 Å². The molecule has 4 rings (SSSR count). The van der Waals surface area contributed by atoms with Gasteiger partial charge in [-0.2, -0.15) is 0 Å². The molecule has 2 aromatic heterocycles. The normalized spacial score (nSPS) is 12.3. The first-order chi connectivity index (χ1) is 18.8. The zero-order chi connectivity index (χ0) is 27.9. The summed E-state index contributed by atoms with van der Waals surface area (Å²) in [6.07, 6.45) is 3.53. The highest BCUT2D eigenvalue weighted by Gasteiger charge is 2.26. The number of carbonyl (C=O) groups is 1. The number of aliphatic hydroxyl groups excluding tert-OH is 1. The molecule has 11 nitrogen and oxygen atoms in total. The summed E-state index contributed by atoms with van der Waals surface area (Å²) in [5.74, 6) is -1.95. The van der Waals surface area contributed by atoms with Gasteiger partial charge in [-0.25, -0.2) is 23.4 Å². The van der Waals surface area contributed by atoms with E-state index in [1.54, 1.807) is 18.2 Å². The Kier molecular flexibility index (Phi) is 8.94. The third kappa shape index (κ3) is 6.62. The standard InChI is InChI=1S/C26H30F2N8O3/c1-16(2)35(10-11-37)9-4-12-39-17-7-8-18-21(13-17)30-15-31-26(18)32-22-14-36(34-33-22)24(25(29)38)19-5-3-6-20(27)23(19)28/h3,5-8,13-16,24,37H,4,9-12H2,1-2H3,(H2,29,38)(H,30,31,32). The quantitative estimate of drug-likeness (QED) is 0.218. The molecule has 0 bridgehead atoms. The van der Waals surface area contributed by atoms with Crippen molar-refractivity contribution < 1.29 is 23.4 Å². The number of hydrogen-bond donors (Lipinski definition) is 3. The Balaban J connectivity index is 1.46. The van der Waals surface area contributed by atoms with Crippen LogP contribution in [0.3, 0.4) is 0 Å². The number of nitrogens with one attached hydrogen (secondary N) is 1. The van der Waals surface area contributed by atoms with Crippen molar-refractivity contribution in [3.8, 4) is 5.75 Å². The molecule has 0 spiro atoms. The molecule has 13 heteroatoms. The number of ether oxygens (including phenoxy) is 1. The van der Waals surface area contributed by atoms with Gasteiger partial charge in [-0.15, -0.1) is 5.10 Å². The Morgan fingerprint density at radius 3 is 2.77 bits per heavy atom. The van der Waals surface area contributed by atoms with Gasteiger partial charge in [0.15, 0.2) is 23.5 Å². The number of amides is 1. The Labute approximate surface area is 223 Å². The fraction of sp³-hybridized carbons (Fsp3) is 0.346. The molecular formula is C26H30F2N8O3. The number of nitrogens with zero attached hydrogens (tertiary/aromatic N) is 6. The summed E-state index contributed by atoms with van der Waals surface area (Å²) >= 11 is 0. The molecule has 4 aromatic rings. The van der Waals surface area contributed by atoms with E-state index in [0.29, 0.717) is 41.7 Å². The third-order valence-electron chi connectivity index (χ3n) is 6.15. The number of aromatic nitrogens is 5. The Bertz CT molecular complexity index is 1430. The van der Waals surface area contributed by atoms with Gasteiger partial charge >= 0.3 is 0 Å². The molecule has 1 unspecified atom stereocenters. The van der Waals surface area contributed by atoms with Gasteiger partial charge in [0, 0.05) is 36.1 Å². The number of primary amides is 1. The van der Waals surface area contributed by atoms with Crippen molar-refractivity contribution in [2.24, 2.45) is 5.73 Å². The number of fused-ring (bicyclic) bond motifs is 1. The number of carbonyl (C=O) groups excluding carboxylic acids is 1. The van der Waals surface area contributed by atoms with Gasteiger partial charge in [-0.1, -0.05) is 17.3 Å². The SMILES string of the molecule is CC(C)N(CCO)CCCOc1ccc2c(Nc3cn(C(C(N)=O)c4cccc(F)c4F)nn3)ncnc2c1. The first-order valence-electron chi connectivity index (χ1n) is 12.4. The van der Waals surface area contributed by atoms with Gasteiger partial charge in [-0.3, -0.25) is 9.69 Å². The van der Waals surface area contributed by atoms with Crippen LogP contribution in [0, 0.1) is 11.6 Å². The predicted molar refractivity (Wildman–Crippen MR) is 140 cm³/mol. The smallest absolute Gasteiger partial charge is 0.247 e. The average molecular weight is 541 g/mol. The van der Waals surface area contributed by atoms with E-state index in [4.69, 9.17) is 10.5 Å². The molecule has 39 heavy (non-hydrogen) atoms. The molecule has 4 N–H and O–H groups in total. The van der Waals surface area contributed by atoms with Crippen molar-refractivity contribution in [1.82, 2.24) is 29.9 Å². The fourth-order valence-electron chi connectivity index (χ4n) is 4.18. The number of benzene rings is 2. The highest BCUT2D eigenvalue weighted by molar-refractivity contribution is 5.91. The number of anilines is 2. The molecule has 0 aliphatic carbocycles.